The predicted molar refractivity (Wildman–Crippen MR) is 121 cm³/mol. The van der Waals surface area contributed by atoms with Gasteiger partial charge in [-0.3, -0.25) is 10.1 Å². The monoisotopic (exact) mass is 448 g/mol. The van der Waals surface area contributed by atoms with Crippen LogP contribution >= 0.6 is 12.2 Å². The first-order valence-corrected chi connectivity index (χ1v) is 11.7. The summed E-state index contributed by atoms with van der Waals surface area (Å²) in [5, 5.41) is 5.73. The fourth-order valence-corrected chi connectivity index (χ4v) is 4.08. The van der Waals surface area contributed by atoms with Crippen LogP contribution in [0.5, 0.6) is 5.75 Å². The highest BCUT2D eigenvalue weighted by Gasteiger charge is 2.23. The van der Waals surface area contributed by atoms with Crippen LogP contribution in [0, 0.1) is 0 Å². The van der Waals surface area contributed by atoms with E-state index < -0.39 is 10.0 Å². The molecule has 0 aliphatic carbocycles. The number of piperazine rings is 1. The summed E-state index contributed by atoms with van der Waals surface area (Å²) in [6, 6.07) is 16.6. The standard InChI is InChI=1S/C20H24N4O4S2/c1-30(26,27)24-13-11-23(12-14-24)17-9-7-16(8-10-17)21-20(29)22-19(25)15-28-18-5-3-2-4-6-18/h2-10H,11-15H2,1H3,(H2,21,22,25,29). The zero-order valence-electron chi connectivity index (χ0n) is 16.6. The minimum Gasteiger partial charge on any atom is -0.484 e. The lowest BCUT2D eigenvalue weighted by Crippen LogP contribution is -2.48. The second kappa shape index (κ2) is 9.88. The molecule has 8 nitrogen and oxygen atoms in total. The molecule has 0 radical (unpaired) electrons. The Labute approximate surface area is 181 Å². The zero-order valence-corrected chi connectivity index (χ0v) is 18.2. The second-order valence-corrected chi connectivity index (χ2v) is 9.19. The van der Waals surface area contributed by atoms with Gasteiger partial charge in [0.15, 0.2) is 11.7 Å². The van der Waals surface area contributed by atoms with E-state index in [0.29, 0.717) is 31.9 Å². The van der Waals surface area contributed by atoms with Gasteiger partial charge in [-0.05, 0) is 48.6 Å². The summed E-state index contributed by atoms with van der Waals surface area (Å²) in [6.07, 6.45) is 1.23. The van der Waals surface area contributed by atoms with E-state index in [1.807, 2.05) is 42.5 Å². The Morgan fingerprint density at radius 2 is 1.67 bits per heavy atom. The Kier molecular flexibility index (Phi) is 7.24. The van der Waals surface area contributed by atoms with E-state index in [1.54, 1.807) is 12.1 Å². The fourth-order valence-electron chi connectivity index (χ4n) is 3.02. The van der Waals surface area contributed by atoms with Gasteiger partial charge in [0.1, 0.15) is 5.75 Å². The number of ether oxygens (including phenoxy) is 1. The van der Waals surface area contributed by atoms with Crippen LogP contribution in [0.1, 0.15) is 0 Å². The molecule has 2 aromatic rings. The number of hydrogen-bond acceptors (Lipinski definition) is 6. The summed E-state index contributed by atoms with van der Waals surface area (Å²) < 4.78 is 30.1. The molecule has 1 fully saturated rings. The molecule has 160 valence electrons. The molecule has 30 heavy (non-hydrogen) atoms. The summed E-state index contributed by atoms with van der Waals surface area (Å²) in [6.45, 7) is 2.08. The van der Waals surface area contributed by atoms with E-state index in [1.165, 1.54) is 10.6 Å². The van der Waals surface area contributed by atoms with Crippen molar-refractivity contribution in [1.82, 2.24) is 9.62 Å². The number of nitrogens with one attached hydrogen (secondary N) is 2. The molecular weight excluding hydrogens is 424 g/mol. The molecule has 0 unspecified atom stereocenters. The van der Waals surface area contributed by atoms with Crippen LogP contribution in [-0.4, -0.2) is 62.8 Å². The highest BCUT2D eigenvalue weighted by molar-refractivity contribution is 7.88. The van der Waals surface area contributed by atoms with Gasteiger partial charge in [-0.15, -0.1) is 0 Å². The summed E-state index contributed by atoms with van der Waals surface area (Å²) in [5.41, 5.74) is 1.74. The summed E-state index contributed by atoms with van der Waals surface area (Å²) in [4.78, 5) is 14.1. The Bertz CT molecular complexity index is 974. The molecule has 1 aliphatic heterocycles. The molecule has 2 aromatic carbocycles. The third-order valence-corrected chi connectivity index (χ3v) is 6.07. The van der Waals surface area contributed by atoms with Crippen molar-refractivity contribution in [3.8, 4) is 5.75 Å². The first kappa shape index (κ1) is 22.0. The van der Waals surface area contributed by atoms with Gasteiger partial charge < -0.3 is 15.0 Å². The number of carbonyl (C=O) groups is 1. The molecule has 10 heteroatoms. The fraction of sp³-hybridized carbons (Fsp3) is 0.300. The van der Waals surface area contributed by atoms with Crippen LogP contribution in [0.4, 0.5) is 11.4 Å². The Morgan fingerprint density at radius 1 is 1.03 bits per heavy atom. The predicted octanol–water partition coefficient (Wildman–Crippen LogP) is 1.66. The SMILES string of the molecule is CS(=O)(=O)N1CCN(c2ccc(NC(=S)NC(=O)COc3ccccc3)cc2)CC1. The first-order chi connectivity index (χ1) is 14.3. The van der Waals surface area contributed by atoms with Gasteiger partial charge in [-0.2, -0.15) is 4.31 Å². The van der Waals surface area contributed by atoms with E-state index in [2.05, 4.69) is 15.5 Å². The maximum atomic E-state index is 12.0. The van der Waals surface area contributed by atoms with Crippen molar-refractivity contribution in [3.63, 3.8) is 0 Å². The molecule has 0 aromatic heterocycles. The number of carbonyl (C=O) groups excluding carboxylic acids is 1. The van der Waals surface area contributed by atoms with Crippen molar-refractivity contribution in [2.45, 2.75) is 0 Å². The summed E-state index contributed by atoms with van der Waals surface area (Å²) >= 11 is 5.18. The molecule has 1 aliphatic rings. The van der Waals surface area contributed by atoms with Gasteiger partial charge in [-0.1, -0.05) is 18.2 Å². The van der Waals surface area contributed by atoms with Crippen LogP contribution in [0.3, 0.4) is 0 Å². The van der Waals surface area contributed by atoms with Crippen molar-refractivity contribution >= 4 is 44.6 Å². The highest BCUT2D eigenvalue weighted by atomic mass is 32.2. The first-order valence-electron chi connectivity index (χ1n) is 9.40. The lowest BCUT2D eigenvalue weighted by Gasteiger charge is -2.34. The quantitative estimate of drug-likeness (QED) is 0.650. The van der Waals surface area contributed by atoms with Crippen LogP contribution in [0.25, 0.3) is 0 Å². The van der Waals surface area contributed by atoms with Crippen LogP contribution in [-0.2, 0) is 14.8 Å². The van der Waals surface area contributed by atoms with Crippen molar-refractivity contribution in [1.29, 1.82) is 0 Å². The molecule has 0 spiro atoms. The number of benzene rings is 2. The molecule has 1 amide bonds. The van der Waals surface area contributed by atoms with Crippen LogP contribution < -0.4 is 20.3 Å². The van der Waals surface area contributed by atoms with E-state index in [-0.39, 0.29) is 17.6 Å². The molecule has 0 bridgehead atoms. The van der Waals surface area contributed by atoms with Gasteiger partial charge in [0.25, 0.3) is 5.91 Å². The molecule has 2 N–H and O–H groups in total. The smallest absolute Gasteiger partial charge is 0.264 e. The molecule has 0 atom stereocenters. The number of para-hydroxylation sites is 1. The third kappa shape index (κ3) is 6.41. The largest absolute Gasteiger partial charge is 0.484 e. The number of nitrogens with zero attached hydrogens (tertiary/aromatic N) is 2. The highest BCUT2D eigenvalue weighted by Crippen LogP contribution is 2.20. The lowest BCUT2D eigenvalue weighted by molar-refractivity contribution is -0.121. The van der Waals surface area contributed by atoms with E-state index in [0.717, 1.165) is 11.4 Å². The van der Waals surface area contributed by atoms with Gasteiger partial charge in [0.05, 0.1) is 6.26 Å². The number of thiocarbonyl (C=S) groups is 1. The molecule has 3 rings (SSSR count). The molecule has 0 saturated carbocycles. The van der Waals surface area contributed by atoms with Gasteiger partial charge in [0, 0.05) is 37.6 Å². The second-order valence-electron chi connectivity index (χ2n) is 6.80. The maximum absolute atomic E-state index is 12.0. The van der Waals surface area contributed by atoms with Gasteiger partial charge in [0.2, 0.25) is 10.0 Å². The van der Waals surface area contributed by atoms with E-state index in [4.69, 9.17) is 17.0 Å². The average Bonchev–Trinajstić information content (AvgIpc) is 2.73. The minimum atomic E-state index is -3.14. The van der Waals surface area contributed by atoms with E-state index >= 15 is 0 Å². The van der Waals surface area contributed by atoms with Gasteiger partial charge in [-0.25, -0.2) is 8.42 Å². The van der Waals surface area contributed by atoms with Gasteiger partial charge >= 0.3 is 0 Å². The number of rotatable bonds is 6. The number of amides is 1. The van der Waals surface area contributed by atoms with Crippen molar-refractivity contribution in [3.05, 3.63) is 54.6 Å². The lowest BCUT2D eigenvalue weighted by atomic mass is 10.2. The van der Waals surface area contributed by atoms with Crippen LogP contribution in [0.15, 0.2) is 54.6 Å². The van der Waals surface area contributed by atoms with Crippen molar-refractivity contribution in [2.75, 3.05) is 49.3 Å². The average molecular weight is 449 g/mol. The Balaban J connectivity index is 1.45. The van der Waals surface area contributed by atoms with Crippen molar-refractivity contribution < 1.29 is 17.9 Å². The Hall–Kier alpha value is -2.69. The molecule has 1 heterocycles. The Morgan fingerprint density at radius 3 is 2.27 bits per heavy atom. The van der Waals surface area contributed by atoms with Crippen LogP contribution in [0.2, 0.25) is 0 Å². The summed E-state index contributed by atoms with van der Waals surface area (Å²) in [7, 11) is -3.14. The molecule has 1 saturated heterocycles. The number of sulfonamides is 1. The normalized spacial score (nSPS) is 14.8. The number of hydrogen-bond donors (Lipinski definition) is 2. The topological polar surface area (TPSA) is 91.0 Å². The van der Waals surface area contributed by atoms with Crippen molar-refractivity contribution in [2.24, 2.45) is 0 Å². The summed E-state index contributed by atoms with van der Waals surface area (Å²) in [5.74, 6) is 0.260. The number of anilines is 2. The minimum absolute atomic E-state index is 0.135. The maximum Gasteiger partial charge on any atom is 0.264 e. The third-order valence-electron chi connectivity index (χ3n) is 4.56. The van der Waals surface area contributed by atoms with E-state index in [9.17, 15) is 13.2 Å². The zero-order chi connectivity index (χ0) is 21.6. The molecular formula is C20H24N4O4S2.